The topological polar surface area (TPSA) is 0 Å². The van der Waals surface area contributed by atoms with Gasteiger partial charge in [0.25, 0.3) is 0 Å². The highest BCUT2D eigenvalue weighted by Crippen LogP contribution is 2.20. The third kappa shape index (κ3) is 13.4. The Bertz CT molecular complexity index is 1930. The highest BCUT2D eigenvalue weighted by atomic mass is 14.0. The molecule has 0 N–H and O–H groups in total. The molecule has 0 aromatic heterocycles. The summed E-state index contributed by atoms with van der Waals surface area (Å²) in [5.41, 5.74) is 10.4. The highest BCUT2D eigenvalue weighted by molar-refractivity contribution is 5.86. The number of fused-ring (bicyclic) bond motifs is 2. The molecule has 0 heteroatoms. The van der Waals surface area contributed by atoms with Gasteiger partial charge in [-0.2, -0.15) is 0 Å². The second kappa shape index (κ2) is 21.3. The Kier molecular flexibility index (Phi) is 16.5. The van der Waals surface area contributed by atoms with E-state index in [9.17, 15) is 0 Å². The van der Waals surface area contributed by atoms with Crippen LogP contribution in [-0.4, -0.2) is 0 Å². The molecule has 0 heterocycles. The minimum Gasteiger partial charge on any atom is -0.0991 e. The van der Waals surface area contributed by atoms with Crippen LogP contribution in [0.25, 0.3) is 32.7 Å². The molecule has 0 nitrogen and oxygen atoms in total. The fourth-order valence-electron chi connectivity index (χ4n) is 5.06. The van der Waals surface area contributed by atoms with E-state index in [4.69, 9.17) is 0 Å². The summed E-state index contributed by atoms with van der Waals surface area (Å²) in [5.74, 6) is 0. The predicted octanol–water partition coefficient (Wildman–Crippen LogP) is 14.6. The van der Waals surface area contributed by atoms with E-state index in [0.29, 0.717) is 0 Å². The van der Waals surface area contributed by atoms with Crippen molar-refractivity contribution in [3.8, 4) is 11.1 Å². The lowest BCUT2D eigenvalue weighted by molar-refractivity contribution is 1.45. The van der Waals surface area contributed by atoms with E-state index in [-0.39, 0.29) is 0 Å². The molecule has 50 heavy (non-hydrogen) atoms. The molecule has 7 rings (SSSR count). The van der Waals surface area contributed by atoms with Gasteiger partial charge in [0.1, 0.15) is 0 Å². The van der Waals surface area contributed by atoms with Crippen molar-refractivity contribution in [2.75, 3.05) is 0 Å². The summed E-state index contributed by atoms with van der Waals surface area (Å²) in [6.45, 7) is 19.7. The molecule has 0 aliphatic rings. The van der Waals surface area contributed by atoms with Crippen LogP contribution in [0, 0.1) is 34.6 Å². The summed E-state index contributed by atoms with van der Waals surface area (Å²) in [6, 6.07) is 57.2. The second-order valence-electron chi connectivity index (χ2n) is 12.3. The molecule has 0 fully saturated rings. The van der Waals surface area contributed by atoms with Crippen LogP contribution < -0.4 is 0 Å². The van der Waals surface area contributed by atoms with Gasteiger partial charge in [0.05, 0.1) is 0 Å². The van der Waals surface area contributed by atoms with E-state index in [2.05, 4.69) is 193 Å². The molecule has 7 aromatic carbocycles. The Hall–Kier alpha value is -5.72. The van der Waals surface area contributed by atoms with E-state index in [1.54, 1.807) is 12.2 Å². The van der Waals surface area contributed by atoms with Gasteiger partial charge in [-0.25, -0.2) is 0 Å². The average Bonchev–Trinajstić information content (AvgIpc) is 3.14. The van der Waals surface area contributed by atoms with Crippen LogP contribution in [0.2, 0.25) is 0 Å². The zero-order chi connectivity index (χ0) is 36.1. The summed E-state index contributed by atoms with van der Waals surface area (Å²) >= 11 is 0. The van der Waals surface area contributed by atoms with Gasteiger partial charge in [-0.05, 0) is 85.3 Å². The van der Waals surface area contributed by atoms with Crippen LogP contribution >= 0.6 is 0 Å². The van der Waals surface area contributed by atoms with Gasteiger partial charge in [0.15, 0.2) is 0 Å². The summed E-state index contributed by atoms with van der Waals surface area (Å²) < 4.78 is 0. The van der Waals surface area contributed by atoms with Crippen molar-refractivity contribution in [3.63, 3.8) is 0 Å². The van der Waals surface area contributed by atoms with Gasteiger partial charge in [0.2, 0.25) is 0 Å². The zero-order valence-corrected chi connectivity index (χ0v) is 30.7. The van der Waals surface area contributed by atoms with Crippen LogP contribution in [0.5, 0.6) is 0 Å². The SMILES string of the molecule is C=C/C=C(/C)C=C.Cc1ccc(-c2ccc(C)cc2)cc1.Cc1cccc2ccccc12.Cc1cccc2ccccc12.Cc1ccccc1. The van der Waals surface area contributed by atoms with Crippen LogP contribution in [0.15, 0.2) is 201 Å². The number of hydrogen-bond acceptors (Lipinski definition) is 0. The van der Waals surface area contributed by atoms with Crippen molar-refractivity contribution in [1.29, 1.82) is 0 Å². The van der Waals surface area contributed by atoms with Crippen LogP contribution in [-0.2, 0) is 0 Å². The molecule has 0 amide bonds. The molecule has 0 saturated heterocycles. The third-order valence-electron chi connectivity index (χ3n) is 8.09. The zero-order valence-electron chi connectivity index (χ0n) is 30.7. The minimum absolute atomic E-state index is 1.15. The first kappa shape index (κ1) is 38.7. The molecule has 252 valence electrons. The summed E-state index contributed by atoms with van der Waals surface area (Å²) in [4.78, 5) is 0. The van der Waals surface area contributed by atoms with E-state index in [0.717, 1.165) is 5.57 Å². The molecule has 0 saturated carbocycles. The predicted molar refractivity (Wildman–Crippen MR) is 224 cm³/mol. The fourth-order valence-corrected chi connectivity index (χ4v) is 5.06. The van der Waals surface area contributed by atoms with Crippen molar-refractivity contribution < 1.29 is 0 Å². The molecule has 0 atom stereocenters. The number of benzene rings is 7. The Morgan fingerprint density at radius 2 is 0.760 bits per heavy atom. The van der Waals surface area contributed by atoms with Crippen LogP contribution in [0.4, 0.5) is 0 Å². The second-order valence-corrected chi connectivity index (χ2v) is 12.3. The van der Waals surface area contributed by atoms with Crippen molar-refractivity contribution in [3.05, 3.63) is 229 Å². The lowest BCUT2D eigenvalue weighted by Gasteiger charge is -2.02. The minimum atomic E-state index is 1.15. The standard InChI is InChI=1S/C14H14.2C11H10.C7H8.C7H10/c1-11-3-7-13(8-4-11)14-9-5-12(2)6-10-14;2*1-9-5-4-7-10-6-2-3-8-11(9)10;1-7-5-3-2-4-6-7;1-4-6-7(3)5-2/h3-10H,1-2H3;2*2-8H,1H3;2-6H,1H3;4-6H,1-2H2,3H3/b;;;;7-6-. The van der Waals surface area contributed by atoms with Crippen molar-refractivity contribution in [2.24, 2.45) is 0 Å². The van der Waals surface area contributed by atoms with E-state index in [1.165, 1.54) is 60.5 Å². The number of allylic oxidation sites excluding steroid dienone is 4. The number of hydrogen-bond donors (Lipinski definition) is 0. The maximum Gasteiger partial charge on any atom is -0.0155 e. The Balaban J connectivity index is 0.000000173. The van der Waals surface area contributed by atoms with Gasteiger partial charge in [0, 0.05) is 0 Å². The Morgan fingerprint density at radius 1 is 0.400 bits per heavy atom. The Labute approximate surface area is 301 Å². The largest absolute Gasteiger partial charge is 0.0991 e. The smallest absolute Gasteiger partial charge is 0.0155 e. The molecular weight excluding hydrogens is 601 g/mol. The first-order chi connectivity index (χ1) is 24.2. The fraction of sp³-hybridized carbons (Fsp3) is 0.120. The maximum absolute atomic E-state index is 3.56. The van der Waals surface area contributed by atoms with E-state index >= 15 is 0 Å². The molecule has 0 unspecified atom stereocenters. The molecule has 0 bridgehead atoms. The summed E-state index contributed by atoms with van der Waals surface area (Å²) in [7, 11) is 0. The van der Waals surface area contributed by atoms with E-state index < -0.39 is 0 Å². The molecular formula is C50H52. The normalized spacial score (nSPS) is 10.1. The molecule has 0 aliphatic carbocycles. The molecule has 0 radical (unpaired) electrons. The first-order valence-corrected chi connectivity index (χ1v) is 17.2. The summed E-state index contributed by atoms with van der Waals surface area (Å²) in [6.07, 6.45) is 5.45. The lowest BCUT2D eigenvalue weighted by atomic mass is 10.0. The summed E-state index contributed by atoms with van der Waals surface area (Å²) in [5, 5.41) is 5.37. The first-order valence-electron chi connectivity index (χ1n) is 17.2. The van der Waals surface area contributed by atoms with Gasteiger partial charge >= 0.3 is 0 Å². The van der Waals surface area contributed by atoms with Gasteiger partial charge in [-0.15, -0.1) is 0 Å². The van der Waals surface area contributed by atoms with Crippen molar-refractivity contribution >= 4 is 21.5 Å². The number of rotatable bonds is 3. The van der Waals surface area contributed by atoms with Gasteiger partial charge in [-0.1, -0.05) is 217 Å². The van der Waals surface area contributed by atoms with Gasteiger partial charge < -0.3 is 0 Å². The monoisotopic (exact) mass is 652 g/mol. The number of aryl methyl sites for hydroxylation is 5. The quantitative estimate of drug-likeness (QED) is 0.167. The highest BCUT2D eigenvalue weighted by Gasteiger charge is 1.96. The molecule has 0 spiro atoms. The maximum atomic E-state index is 3.56. The van der Waals surface area contributed by atoms with Crippen molar-refractivity contribution in [1.82, 2.24) is 0 Å². The van der Waals surface area contributed by atoms with Crippen molar-refractivity contribution in [2.45, 2.75) is 41.5 Å². The van der Waals surface area contributed by atoms with Crippen LogP contribution in [0.3, 0.4) is 0 Å². The van der Waals surface area contributed by atoms with Crippen LogP contribution in [0.1, 0.15) is 34.7 Å². The lowest BCUT2D eigenvalue weighted by Crippen LogP contribution is -1.78. The van der Waals surface area contributed by atoms with E-state index in [1.807, 2.05) is 31.2 Å². The third-order valence-corrected chi connectivity index (χ3v) is 8.09. The molecule has 0 aliphatic heterocycles. The molecule has 7 aromatic rings. The average molecular weight is 653 g/mol. The Morgan fingerprint density at radius 3 is 1.08 bits per heavy atom. The van der Waals surface area contributed by atoms with Gasteiger partial charge in [-0.3, -0.25) is 0 Å².